The highest BCUT2D eigenvalue weighted by molar-refractivity contribution is 5.99. The summed E-state index contributed by atoms with van der Waals surface area (Å²) in [5.74, 6) is 0. The van der Waals surface area contributed by atoms with Gasteiger partial charge in [-0.2, -0.15) is 0 Å². The molecule has 0 bridgehead atoms. The molecule has 10 aromatic carbocycles. The molecule has 0 atom stereocenters. The molecule has 0 aromatic heterocycles. The highest BCUT2D eigenvalue weighted by atomic mass is 15.1. The smallest absolute Gasteiger partial charge is 0.0714 e. The van der Waals surface area contributed by atoms with Crippen LogP contribution in [0, 0.1) is 0 Å². The minimum Gasteiger partial charge on any atom is -0.310 e. The first-order chi connectivity index (χ1) is 37.7. The maximum absolute atomic E-state index is 2.61. The van der Waals surface area contributed by atoms with Crippen LogP contribution in [0.5, 0.6) is 0 Å². The topological polar surface area (TPSA) is 3.24 Å². The lowest BCUT2D eigenvalue weighted by Crippen LogP contribution is -2.30. The third kappa shape index (κ3) is 7.06. The Morgan fingerprint density at radius 3 is 1.47 bits per heavy atom. The Kier molecular flexibility index (Phi) is 10.9. The molecule has 0 amide bonds. The van der Waals surface area contributed by atoms with E-state index in [9.17, 15) is 0 Å². The van der Waals surface area contributed by atoms with Crippen molar-refractivity contribution >= 4 is 17.1 Å². The summed E-state index contributed by atoms with van der Waals surface area (Å²) in [7, 11) is 0. The summed E-state index contributed by atoms with van der Waals surface area (Å²) in [4.78, 5) is 2.61. The van der Waals surface area contributed by atoms with Crippen LogP contribution in [0.1, 0.15) is 137 Å². The predicted molar refractivity (Wildman–Crippen MR) is 329 cm³/mol. The van der Waals surface area contributed by atoms with Gasteiger partial charge in [-0.1, -0.05) is 262 Å². The van der Waals surface area contributed by atoms with Crippen LogP contribution in [0.3, 0.4) is 0 Å². The highest BCUT2D eigenvalue weighted by Crippen LogP contribution is 2.62. The molecule has 0 radical (unpaired) electrons. The molecule has 0 saturated heterocycles. The first-order valence-corrected chi connectivity index (χ1v) is 28.6. The van der Waals surface area contributed by atoms with Crippen LogP contribution in [0.25, 0.3) is 55.6 Å². The molecular formula is C77H69N. The van der Waals surface area contributed by atoms with Gasteiger partial charge in [0.25, 0.3) is 0 Å². The summed E-state index contributed by atoms with van der Waals surface area (Å²) in [6, 6.07) is 86.8. The van der Waals surface area contributed by atoms with Gasteiger partial charge in [-0.15, -0.1) is 0 Å². The van der Waals surface area contributed by atoms with E-state index in [1.807, 2.05) is 0 Å². The van der Waals surface area contributed by atoms with Gasteiger partial charge in [0.2, 0.25) is 0 Å². The van der Waals surface area contributed by atoms with Gasteiger partial charge in [0.05, 0.1) is 11.1 Å². The monoisotopic (exact) mass is 1010 g/mol. The predicted octanol–water partition coefficient (Wildman–Crippen LogP) is 20.6. The first-order valence-electron chi connectivity index (χ1n) is 28.6. The molecule has 1 spiro atoms. The van der Waals surface area contributed by atoms with Crippen LogP contribution in [0.2, 0.25) is 0 Å². The number of hydrogen-bond acceptors (Lipinski definition) is 1. The molecule has 14 rings (SSSR count). The SMILES string of the molecule is CC(C)(C)c1cccc(C2(c3cccc(C(C)(C)C)c3)c3ccccc3-c3c(N(c4ccc(-c5ccccc5-c5cccc6c5C(C)(C)c5ccccc5-6)cc4)c4ccc5c(c4)C4(CCCC4)c4ccccc4-5)cccc32)c1. The second kappa shape index (κ2) is 17.5. The van der Waals surface area contributed by atoms with Gasteiger partial charge < -0.3 is 4.90 Å². The molecule has 0 heterocycles. The number of anilines is 3. The van der Waals surface area contributed by atoms with E-state index in [0.717, 1.165) is 5.69 Å². The molecular weight excluding hydrogens is 939 g/mol. The molecule has 1 saturated carbocycles. The first kappa shape index (κ1) is 48.4. The minimum atomic E-state index is -0.593. The van der Waals surface area contributed by atoms with Crippen LogP contribution in [0.15, 0.2) is 224 Å². The lowest BCUT2D eigenvalue weighted by Gasteiger charge is -2.36. The molecule has 382 valence electrons. The molecule has 1 heteroatoms. The van der Waals surface area contributed by atoms with Crippen LogP contribution in [-0.2, 0) is 27.1 Å². The van der Waals surface area contributed by atoms with Crippen molar-refractivity contribution in [3.63, 3.8) is 0 Å². The maximum Gasteiger partial charge on any atom is 0.0714 e. The van der Waals surface area contributed by atoms with Gasteiger partial charge in [-0.05, 0) is 160 Å². The average molecular weight is 1010 g/mol. The summed E-state index contributed by atoms with van der Waals surface area (Å²) in [6.07, 6.45) is 4.86. The Balaban J connectivity index is 0.997. The lowest BCUT2D eigenvalue weighted by molar-refractivity contribution is 0.550. The van der Waals surface area contributed by atoms with Crippen molar-refractivity contribution in [2.75, 3.05) is 4.90 Å². The zero-order valence-electron chi connectivity index (χ0n) is 46.6. The molecule has 78 heavy (non-hydrogen) atoms. The fraction of sp³-hybridized carbons (Fsp3) is 0.221. The molecule has 4 aliphatic rings. The molecule has 0 N–H and O–H groups in total. The largest absolute Gasteiger partial charge is 0.310 e. The van der Waals surface area contributed by atoms with Gasteiger partial charge in [-0.25, -0.2) is 0 Å². The van der Waals surface area contributed by atoms with E-state index in [1.54, 1.807) is 0 Å². The third-order valence-electron chi connectivity index (χ3n) is 18.8. The van der Waals surface area contributed by atoms with E-state index in [2.05, 4.69) is 285 Å². The Morgan fingerprint density at radius 2 is 0.833 bits per heavy atom. The van der Waals surface area contributed by atoms with E-state index in [1.165, 1.54) is 148 Å². The quantitative estimate of drug-likeness (QED) is 0.154. The van der Waals surface area contributed by atoms with Crippen molar-refractivity contribution in [2.45, 2.75) is 108 Å². The summed E-state index contributed by atoms with van der Waals surface area (Å²) >= 11 is 0. The fourth-order valence-electron chi connectivity index (χ4n) is 15.1. The van der Waals surface area contributed by atoms with Crippen LogP contribution in [-0.4, -0.2) is 0 Å². The number of nitrogens with zero attached hydrogens (tertiary/aromatic N) is 1. The molecule has 1 nitrogen and oxygen atoms in total. The van der Waals surface area contributed by atoms with Crippen molar-refractivity contribution in [1.29, 1.82) is 0 Å². The van der Waals surface area contributed by atoms with Gasteiger partial charge in [0, 0.05) is 27.8 Å². The average Bonchev–Trinajstić information content (AvgIpc) is 4.41. The summed E-state index contributed by atoms with van der Waals surface area (Å²) in [5, 5.41) is 0. The van der Waals surface area contributed by atoms with Crippen molar-refractivity contribution < 1.29 is 0 Å². The van der Waals surface area contributed by atoms with Gasteiger partial charge >= 0.3 is 0 Å². The van der Waals surface area contributed by atoms with E-state index in [-0.39, 0.29) is 21.7 Å². The number of hydrogen-bond donors (Lipinski definition) is 0. The van der Waals surface area contributed by atoms with E-state index < -0.39 is 5.41 Å². The van der Waals surface area contributed by atoms with E-state index >= 15 is 0 Å². The zero-order valence-corrected chi connectivity index (χ0v) is 46.6. The van der Waals surface area contributed by atoms with Gasteiger partial charge in [-0.3, -0.25) is 0 Å². The summed E-state index contributed by atoms with van der Waals surface area (Å²) < 4.78 is 0. The molecule has 4 aliphatic carbocycles. The normalized spacial score (nSPS) is 15.8. The van der Waals surface area contributed by atoms with Crippen molar-refractivity contribution in [3.05, 3.63) is 280 Å². The Labute approximate surface area is 463 Å². The van der Waals surface area contributed by atoms with Crippen molar-refractivity contribution in [2.24, 2.45) is 0 Å². The van der Waals surface area contributed by atoms with Crippen LogP contribution < -0.4 is 4.90 Å². The Bertz CT molecular complexity index is 3970. The molecule has 0 aliphatic heterocycles. The zero-order chi connectivity index (χ0) is 53.3. The highest BCUT2D eigenvalue weighted by Gasteiger charge is 2.49. The summed E-state index contributed by atoms with van der Waals surface area (Å²) in [5.41, 5.74) is 29.5. The van der Waals surface area contributed by atoms with Crippen LogP contribution in [0.4, 0.5) is 17.1 Å². The van der Waals surface area contributed by atoms with Gasteiger partial charge in [0.15, 0.2) is 0 Å². The molecule has 10 aromatic rings. The fourth-order valence-corrected chi connectivity index (χ4v) is 15.1. The maximum atomic E-state index is 2.61. The Hall–Kier alpha value is -8.00. The van der Waals surface area contributed by atoms with Crippen molar-refractivity contribution in [3.8, 4) is 55.6 Å². The number of fused-ring (bicyclic) bond motifs is 11. The van der Waals surface area contributed by atoms with Gasteiger partial charge in [0.1, 0.15) is 0 Å². The minimum absolute atomic E-state index is 0.0191. The van der Waals surface area contributed by atoms with Crippen molar-refractivity contribution in [1.82, 2.24) is 0 Å². The van der Waals surface area contributed by atoms with E-state index in [4.69, 9.17) is 0 Å². The second-order valence-electron chi connectivity index (χ2n) is 25.5. The third-order valence-corrected chi connectivity index (χ3v) is 18.8. The standard InChI is InChI=1S/C77H69N/c1-73(2,3)51-23-19-25-53(47-51)77(54-26-20-24-52(48-54)74(4,5)6)67-36-16-13-31-64(67)71-68(77)37-22-38-70(71)78(56-43-44-61-59-29-12-15-35-66(59)76(69(61)49-56)45-17-18-46-76)55-41-39-50(40-42-55)57-27-9-10-28-58(57)62-32-21-33-63-60-30-11-14-34-65(60)75(7,8)72(62)63/h9-16,19-44,47-49H,17-18,45-46H2,1-8H3. The lowest BCUT2D eigenvalue weighted by atomic mass is 9.66. The molecule has 0 unspecified atom stereocenters. The molecule has 1 fully saturated rings. The van der Waals surface area contributed by atoms with E-state index in [0.29, 0.717) is 0 Å². The second-order valence-corrected chi connectivity index (χ2v) is 25.5. The van der Waals surface area contributed by atoms with Crippen LogP contribution >= 0.6 is 0 Å². The Morgan fingerprint density at radius 1 is 0.359 bits per heavy atom. The summed E-state index contributed by atoms with van der Waals surface area (Å²) in [6.45, 7) is 18.8. The number of benzene rings is 10. The number of rotatable bonds is 7.